The summed E-state index contributed by atoms with van der Waals surface area (Å²) in [5, 5.41) is 3.28. The molecular weight excluding hydrogens is 338 g/mol. The van der Waals surface area contributed by atoms with Crippen LogP contribution < -0.4 is 10.0 Å². The average molecular weight is 368 g/mol. The van der Waals surface area contributed by atoms with Gasteiger partial charge in [-0.3, -0.25) is 4.79 Å². The topological polar surface area (TPSA) is 78.5 Å². The number of carbonyl (C=O) groups excluding carboxylic acids is 1. The van der Waals surface area contributed by atoms with E-state index in [2.05, 4.69) is 17.0 Å². The van der Waals surface area contributed by atoms with Crippen molar-refractivity contribution in [3.63, 3.8) is 0 Å². The Balaban J connectivity index is 2.13. The number of hydrogen-bond donors (Lipinski definition) is 2. The van der Waals surface area contributed by atoms with E-state index >= 15 is 0 Å². The molecule has 1 heterocycles. The zero-order chi connectivity index (χ0) is 18.3. The monoisotopic (exact) mass is 367 g/mol. The summed E-state index contributed by atoms with van der Waals surface area (Å²) < 4.78 is 28.2. The van der Waals surface area contributed by atoms with Gasteiger partial charge in [-0.25, -0.2) is 13.1 Å². The molecule has 0 radical (unpaired) electrons. The fraction of sp³-hybridized carbons (Fsp3) is 0.611. The number of amides is 1. The zero-order valence-corrected chi connectivity index (χ0v) is 15.9. The molecule has 1 fully saturated rings. The van der Waals surface area contributed by atoms with Gasteiger partial charge in [0, 0.05) is 20.1 Å². The summed E-state index contributed by atoms with van der Waals surface area (Å²) in [6.07, 6.45) is 3.94. The highest BCUT2D eigenvalue weighted by atomic mass is 32.2. The molecule has 25 heavy (non-hydrogen) atoms. The van der Waals surface area contributed by atoms with Crippen LogP contribution in [-0.2, 0) is 10.0 Å². The number of rotatable bonds is 8. The van der Waals surface area contributed by atoms with Crippen molar-refractivity contribution in [2.75, 3.05) is 33.2 Å². The van der Waals surface area contributed by atoms with Crippen molar-refractivity contribution in [1.82, 2.24) is 14.9 Å². The Morgan fingerprint density at radius 1 is 1.36 bits per heavy atom. The molecule has 1 aliphatic rings. The van der Waals surface area contributed by atoms with Crippen molar-refractivity contribution in [2.45, 2.75) is 37.5 Å². The maximum atomic E-state index is 12.7. The first-order valence-electron chi connectivity index (χ1n) is 9.00. The lowest BCUT2D eigenvalue weighted by Crippen LogP contribution is -2.38. The molecule has 1 atom stereocenters. The van der Waals surface area contributed by atoms with Gasteiger partial charge in [0.15, 0.2) is 0 Å². The number of carbonyl (C=O) groups is 1. The van der Waals surface area contributed by atoms with Crippen molar-refractivity contribution >= 4 is 15.9 Å². The highest BCUT2D eigenvalue weighted by Crippen LogP contribution is 2.18. The fourth-order valence-electron chi connectivity index (χ4n) is 2.98. The third-order valence-corrected chi connectivity index (χ3v) is 6.04. The van der Waals surface area contributed by atoms with E-state index in [-0.39, 0.29) is 16.4 Å². The molecule has 0 aliphatic carbocycles. The van der Waals surface area contributed by atoms with Gasteiger partial charge in [-0.15, -0.1) is 0 Å². The SMILES string of the molecule is CCCCN(C)C(=O)c1ccccc1S(=O)(=O)NCC1CCCNC1. The second kappa shape index (κ2) is 9.31. The quantitative estimate of drug-likeness (QED) is 0.735. The normalized spacial score (nSPS) is 18.1. The molecule has 0 saturated carbocycles. The summed E-state index contributed by atoms with van der Waals surface area (Å²) >= 11 is 0. The molecule has 7 heteroatoms. The van der Waals surface area contributed by atoms with Gasteiger partial charge in [0.2, 0.25) is 10.0 Å². The summed E-state index contributed by atoms with van der Waals surface area (Å²) in [4.78, 5) is 14.3. The van der Waals surface area contributed by atoms with Gasteiger partial charge >= 0.3 is 0 Å². The lowest BCUT2D eigenvalue weighted by Gasteiger charge is -2.23. The van der Waals surface area contributed by atoms with Gasteiger partial charge in [-0.2, -0.15) is 0 Å². The predicted octanol–water partition coefficient (Wildman–Crippen LogP) is 1.84. The van der Waals surface area contributed by atoms with E-state index < -0.39 is 10.0 Å². The zero-order valence-electron chi connectivity index (χ0n) is 15.1. The minimum Gasteiger partial charge on any atom is -0.342 e. The molecule has 6 nitrogen and oxygen atoms in total. The number of hydrogen-bond acceptors (Lipinski definition) is 4. The molecule has 1 saturated heterocycles. The van der Waals surface area contributed by atoms with Crippen LogP contribution in [0.5, 0.6) is 0 Å². The van der Waals surface area contributed by atoms with Crippen molar-refractivity contribution in [3.8, 4) is 0 Å². The van der Waals surface area contributed by atoms with Crippen LogP contribution in [0.3, 0.4) is 0 Å². The van der Waals surface area contributed by atoms with Crippen LogP contribution in [-0.4, -0.2) is 52.5 Å². The molecule has 2 rings (SSSR count). The van der Waals surface area contributed by atoms with Crippen LogP contribution in [0.1, 0.15) is 43.0 Å². The molecule has 140 valence electrons. The van der Waals surface area contributed by atoms with E-state index in [1.165, 1.54) is 6.07 Å². The summed E-state index contributed by atoms with van der Waals surface area (Å²) in [5.41, 5.74) is 0.232. The Bertz CT molecular complexity index is 670. The maximum Gasteiger partial charge on any atom is 0.254 e. The third kappa shape index (κ3) is 5.52. The summed E-state index contributed by atoms with van der Waals surface area (Å²) in [7, 11) is -2.00. The summed E-state index contributed by atoms with van der Waals surface area (Å²) in [6.45, 7) is 4.88. The molecule has 1 unspecified atom stereocenters. The molecule has 0 aromatic heterocycles. The minimum absolute atomic E-state index is 0.0621. The smallest absolute Gasteiger partial charge is 0.254 e. The van der Waals surface area contributed by atoms with Crippen LogP contribution in [0.2, 0.25) is 0 Å². The highest BCUT2D eigenvalue weighted by Gasteiger charge is 2.25. The van der Waals surface area contributed by atoms with Gasteiger partial charge in [0.25, 0.3) is 5.91 Å². The average Bonchev–Trinajstić information content (AvgIpc) is 2.64. The summed E-state index contributed by atoms with van der Waals surface area (Å²) in [6, 6.07) is 6.44. The van der Waals surface area contributed by atoms with Gasteiger partial charge in [-0.1, -0.05) is 25.5 Å². The molecule has 0 spiro atoms. The van der Waals surface area contributed by atoms with Crippen LogP contribution in [0.4, 0.5) is 0 Å². The Hall–Kier alpha value is -1.44. The molecule has 0 bridgehead atoms. The Labute approximate surface area is 151 Å². The van der Waals surface area contributed by atoms with E-state index in [1.54, 1.807) is 30.1 Å². The Morgan fingerprint density at radius 3 is 2.80 bits per heavy atom. The van der Waals surface area contributed by atoms with Gasteiger partial charge < -0.3 is 10.2 Å². The van der Waals surface area contributed by atoms with E-state index in [9.17, 15) is 13.2 Å². The number of nitrogens with zero attached hydrogens (tertiary/aromatic N) is 1. The van der Waals surface area contributed by atoms with Crippen LogP contribution in [0, 0.1) is 5.92 Å². The van der Waals surface area contributed by atoms with Crippen molar-refractivity contribution < 1.29 is 13.2 Å². The van der Waals surface area contributed by atoms with E-state index in [4.69, 9.17) is 0 Å². The Morgan fingerprint density at radius 2 is 2.12 bits per heavy atom. The number of benzene rings is 1. The highest BCUT2D eigenvalue weighted by molar-refractivity contribution is 7.89. The lowest BCUT2D eigenvalue weighted by molar-refractivity contribution is 0.0789. The first kappa shape index (κ1) is 19.9. The molecule has 1 aromatic carbocycles. The second-order valence-corrected chi connectivity index (χ2v) is 8.38. The fourth-order valence-corrected chi connectivity index (χ4v) is 4.30. The van der Waals surface area contributed by atoms with Gasteiger partial charge in [0.1, 0.15) is 0 Å². The maximum absolute atomic E-state index is 12.7. The van der Waals surface area contributed by atoms with Crippen molar-refractivity contribution in [2.24, 2.45) is 5.92 Å². The van der Waals surface area contributed by atoms with Crippen LogP contribution >= 0.6 is 0 Å². The lowest BCUT2D eigenvalue weighted by atomic mass is 10.0. The minimum atomic E-state index is -3.71. The first-order valence-corrected chi connectivity index (χ1v) is 10.5. The second-order valence-electron chi connectivity index (χ2n) is 6.64. The number of unbranched alkanes of at least 4 members (excludes halogenated alkanes) is 1. The molecular formula is C18H29N3O3S. The van der Waals surface area contributed by atoms with E-state index in [1.807, 2.05) is 0 Å². The number of nitrogens with one attached hydrogen (secondary N) is 2. The van der Waals surface area contributed by atoms with Crippen molar-refractivity contribution in [3.05, 3.63) is 29.8 Å². The summed E-state index contributed by atoms with van der Waals surface area (Å²) in [5.74, 6) is 0.0346. The van der Waals surface area contributed by atoms with Crippen molar-refractivity contribution in [1.29, 1.82) is 0 Å². The van der Waals surface area contributed by atoms with E-state index in [0.717, 1.165) is 38.8 Å². The Kier molecular flexibility index (Phi) is 7.40. The largest absolute Gasteiger partial charge is 0.342 e. The van der Waals surface area contributed by atoms with Gasteiger partial charge in [-0.05, 0) is 50.4 Å². The molecule has 1 amide bonds. The molecule has 1 aliphatic heterocycles. The van der Waals surface area contributed by atoms with Crippen LogP contribution in [0.15, 0.2) is 29.2 Å². The first-order chi connectivity index (χ1) is 12.0. The van der Waals surface area contributed by atoms with Crippen LogP contribution in [0.25, 0.3) is 0 Å². The standard InChI is InChI=1S/C18H29N3O3S/c1-3-4-12-21(2)18(22)16-9-5-6-10-17(16)25(23,24)20-14-15-8-7-11-19-13-15/h5-6,9-10,15,19-20H,3-4,7-8,11-14H2,1-2H3. The van der Waals surface area contributed by atoms with E-state index in [0.29, 0.717) is 19.0 Å². The number of piperidine rings is 1. The predicted molar refractivity (Wildman–Crippen MR) is 99.1 cm³/mol. The third-order valence-electron chi connectivity index (χ3n) is 4.56. The molecule has 2 N–H and O–H groups in total. The van der Waals surface area contributed by atoms with Gasteiger partial charge in [0.05, 0.1) is 10.5 Å². The number of sulfonamides is 1. The molecule has 1 aromatic rings.